The van der Waals surface area contributed by atoms with Gasteiger partial charge in [-0.3, -0.25) is 4.79 Å². The van der Waals surface area contributed by atoms with Gasteiger partial charge in [0, 0.05) is 11.8 Å². The first-order valence-electron chi connectivity index (χ1n) is 13.5. The molecule has 4 heterocycles. The van der Waals surface area contributed by atoms with Gasteiger partial charge < -0.3 is 25.7 Å². The van der Waals surface area contributed by atoms with Gasteiger partial charge in [-0.1, -0.05) is 59.1 Å². The topological polar surface area (TPSA) is 149 Å². The van der Waals surface area contributed by atoms with E-state index in [-0.39, 0.29) is 37.3 Å². The van der Waals surface area contributed by atoms with Gasteiger partial charge in [0.15, 0.2) is 6.23 Å². The van der Waals surface area contributed by atoms with Gasteiger partial charge in [-0.25, -0.2) is 13.8 Å². The maximum atomic E-state index is 13.2. The third-order valence-electron chi connectivity index (χ3n) is 7.27. The highest BCUT2D eigenvalue weighted by Crippen LogP contribution is 2.45. The number of alkyl halides is 2. The molecule has 0 bridgehead atoms. The molecule has 4 atom stereocenters. The Morgan fingerprint density at radius 2 is 1.62 bits per heavy atom. The van der Waals surface area contributed by atoms with Gasteiger partial charge in [-0.15, -0.1) is 20.4 Å². The molecule has 0 radical (unpaired) electrons. The lowest BCUT2D eigenvalue weighted by Gasteiger charge is -2.39. The van der Waals surface area contributed by atoms with E-state index in [1.807, 2.05) is 6.07 Å². The fourth-order valence-corrected chi connectivity index (χ4v) is 6.95. The molecule has 2 fully saturated rings. The zero-order valence-corrected chi connectivity index (χ0v) is 23.9. The van der Waals surface area contributed by atoms with Crippen LogP contribution in [0.4, 0.5) is 24.9 Å². The van der Waals surface area contributed by atoms with Crippen LogP contribution in [0, 0.1) is 0 Å². The fourth-order valence-electron chi connectivity index (χ4n) is 5.12. The number of anilines is 3. The summed E-state index contributed by atoms with van der Waals surface area (Å²) in [5.41, 5.74) is 1.08. The van der Waals surface area contributed by atoms with Crippen LogP contribution in [0.1, 0.15) is 58.5 Å². The van der Waals surface area contributed by atoms with Crippen molar-refractivity contribution in [3.8, 4) is 0 Å². The number of aliphatic hydroxyl groups is 2. The minimum Gasteiger partial charge on any atom is -0.384 e. The van der Waals surface area contributed by atoms with Crippen LogP contribution in [0.2, 0.25) is 0 Å². The van der Waals surface area contributed by atoms with Gasteiger partial charge in [0.05, 0.1) is 25.2 Å². The van der Waals surface area contributed by atoms with Crippen LogP contribution in [-0.2, 0) is 11.2 Å². The average molecular weight is 615 g/mol. The van der Waals surface area contributed by atoms with E-state index in [4.69, 9.17) is 0 Å². The van der Waals surface area contributed by atoms with Crippen molar-refractivity contribution in [2.75, 3.05) is 28.6 Å². The Labute approximate surface area is 247 Å². The Morgan fingerprint density at radius 3 is 2.31 bits per heavy atom. The molecule has 220 valence electrons. The number of benzene rings is 1. The molecule has 6 rings (SSSR count). The minimum atomic E-state index is -2.70. The number of nitrogens with one attached hydrogen (secondary N) is 2. The number of carbonyl (C=O) groups excluding carboxylic acids is 1. The van der Waals surface area contributed by atoms with Gasteiger partial charge in [0.1, 0.15) is 21.9 Å². The molecule has 1 aliphatic carbocycles. The second kappa shape index (κ2) is 11.9. The summed E-state index contributed by atoms with van der Waals surface area (Å²) >= 11 is 2.68. The molecule has 1 saturated heterocycles. The van der Waals surface area contributed by atoms with Gasteiger partial charge in [-0.05, 0) is 37.0 Å². The molecule has 1 amide bonds. The number of amides is 1. The Bertz CT molecular complexity index is 1530. The van der Waals surface area contributed by atoms with Crippen LogP contribution in [0.15, 0.2) is 48.5 Å². The number of aliphatic hydroxyl groups excluding tert-OH is 2. The Balaban J connectivity index is 0.997. The SMILES string of the molecule is O=C(Cc1cccc(N2CC(F)(F)C2)n1)Nc1nnc([C@H]2CC[C@H](c3nnc(NC(O)[C@@H](O)c4ccccc4)s3)C2)s1. The van der Waals surface area contributed by atoms with E-state index < -0.39 is 18.3 Å². The molecular weight excluding hydrogens is 586 g/mol. The monoisotopic (exact) mass is 614 g/mol. The lowest BCUT2D eigenvalue weighted by molar-refractivity contribution is -0.115. The van der Waals surface area contributed by atoms with Gasteiger partial charge in [0.25, 0.3) is 5.92 Å². The normalized spacial score (nSPS) is 21.0. The fraction of sp³-hybridized carbons (Fsp3) is 0.407. The van der Waals surface area contributed by atoms with Gasteiger partial charge in [0.2, 0.25) is 16.2 Å². The second-order valence-electron chi connectivity index (χ2n) is 10.5. The predicted octanol–water partition coefficient (Wildman–Crippen LogP) is 3.94. The quantitative estimate of drug-likeness (QED) is 0.194. The molecule has 15 heteroatoms. The summed E-state index contributed by atoms with van der Waals surface area (Å²) in [6.07, 6.45) is 0.233. The number of carbonyl (C=O) groups is 1. The number of rotatable bonds is 10. The predicted molar refractivity (Wildman–Crippen MR) is 154 cm³/mol. The molecule has 42 heavy (non-hydrogen) atoms. The zero-order valence-electron chi connectivity index (χ0n) is 22.2. The maximum Gasteiger partial charge on any atom is 0.282 e. The standard InChI is InChI=1S/C27H28F2N8O3S2/c28-27(29)13-37(14-27)19-8-4-7-18(30-19)12-20(38)31-25-35-33-23(41-25)16-9-10-17(11-16)24-34-36-26(42-24)32-22(40)21(39)15-5-2-1-3-6-15/h1-8,16-17,21-22,39-40H,9-14H2,(H,32,36)(H,31,35,38)/t16-,17-,21-,22?/m0/s1. The molecule has 3 aromatic heterocycles. The summed E-state index contributed by atoms with van der Waals surface area (Å²) in [6.45, 7) is -0.741. The number of nitrogens with zero attached hydrogens (tertiary/aromatic N) is 6. The molecule has 2 aliphatic rings. The van der Waals surface area contributed by atoms with Crippen molar-refractivity contribution < 1.29 is 23.8 Å². The van der Waals surface area contributed by atoms with E-state index in [0.717, 1.165) is 29.3 Å². The minimum absolute atomic E-state index is 0.0109. The van der Waals surface area contributed by atoms with E-state index in [1.165, 1.54) is 27.6 Å². The number of pyridine rings is 1. The Kier molecular flexibility index (Phi) is 8.07. The van der Waals surface area contributed by atoms with Crippen molar-refractivity contribution in [1.82, 2.24) is 25.4 Å². The number of aromatic nitrogens is 5. The first kappa shape index (κ1) is 28.5. The third kappa shape index (κ3) is 6.53. The summed E-state index contributed by atoms with van der Waals surface area (Å²) in [5.74, 6) is -2.24. The van der Waals surface area contributed by atoms with Crippen LogP contribution < -0.4 is 15.5 Å². The molecule has 1 aromatic carbocycles. The third-order valence-corrected chi connectivity index (χ3v) is 9.29. The van der Waals surface area contributed by atoms with E-state index in [2.05, 4.69) is 36.0 Å². The summed E-state index contributed by atoms with van der Waals surface area (Å²) in [4.78, 5) is 18.4. The molecule has 4 aromatic rings. The number of hydrogen-bond acceptors (Lipinski definition) is 12. The number of halogens is 2. The Hall–Kier alpha value is -3.66. The lowest BCUT2D eigenvalue weighted by Crippen LogP contribution is -2.56. The first-order chi connectivity index (χ1) is 20.2. The average Bonchev–Trinajstić information content (AvgIpc) is 3.73. The van der Waals surface area contributed by atoms with Gasteiger partial charge >= 0.3 is 0 Å². The van der Waals surface area contributed by atoms with E-state index in [9.17, 15) is 23.8 Å². The van der Waals surface area contributed by atoms with Crippen LogP contribution in [-0.4, -0.2) is 66.7 Å². The lowest BCUT2D eigenvalue weighted by atomic mass is 10.1. The van der Waals surface area contributed by atoms with Crippen LogP contribution >= 0.6 is 22.7 Å². The van der Waals surface area contributed by atoms with Crippen molar-refractivity contribution in [2.45, 2.75) is 55.8 Å². The van der Waals surface area contributed by atoms with Crippen LogP contribution in [0.5, 0.6) is 0 Å². The summed E-state index contributed by atoms with van der Waals surface area (Å²) in [7, 11) is 0. The van der Waals surface area contributed by atoms with Crippen LogP contribution in [0.25, 0.3) is 0 Å². The van der Waals surface area contributed by atoms with Crippen molar-refractivity contribution >= 4 is 44.7 Å². The smallest absolute Gasteiger partial charge is 0.282 e. The largest absolute Gasteiger partial charge is 0.384 e. The Morgan fingerprint density at radius 1 is 0.952 bits per heavy atom. The van der Waals surface area contributed by atoms with Crippen LogP contribution in [0.3, 0.4) is 0 Å². The number of hydrogen-bond donors (Lipinski definition) is 4. The van der Waals surface area contributed by atoms with E-state index >= 15 is 0 Å². The summed E-state index contributed by atoms with van der Waals surface area (Å²) in [6, 6.07) is 13.9. The van der Waals surface area contributed by atoms with Crippen molar-refractivity contribution in [2.24, 2.45) is 0 Å². The molecule has 1 saturated carbocycles. The van der Waals surface area contributed by atoms with Crippen molar-refractivity contribution in [1.29, 1.82) is 0 Å². The molecule has 1 aliphatic heterocycles. The van der Waals surface area contributed by atoms with E-state index in [0.29, 0.717) is 27.3 Å². The summed E-state index contributed by atoms with van der Waals surface area (Å²) < 4.78 is 26.4. The van der Waals surface area contributed by atoms with Crippen molar-refractivity contribution in [3.63, 3.8) is 0 Å². The second-order valence-corrected chi connectivity index (χ2v) is 12.5. The molecule has 1 unspecified atom stereocenters. The molecular formula is C27H28F2N8O3S2. The molecule has 4 N–H and O–H groups in total. The zero-order chi connectivity index (χ0) is 29.3. The maximum absolute atomic E-state index is 13.2. The summed E-state index contributed by atoms with van der Waals surface area (Å²) in [5, 5.41) is 45.8. The first-order valence-corrected chi connectivity index (χ1v) is 15.1. The highest BCUT2D eigenvalue weighted by molar-refractivity contribution is 7.15. The van der Waals surface area contributed by atoms with E-state index in [1.54, 1.807) is 42.5 Å². The highest BCUT2D eigenvalue weighted by Gasteiger charge is 2.44. The molecule has 0 spiro atoms. The van der Waals surface area contributed by atoms with Crippen molar-refractivity contribution in [3.05, 3.63) is 69.8 Å². The van der Waals surface area contributed by atoms with Gasteiger partial charge in [-0.2, -0.15) is 0 Å². The molecule has 11 nitrogen and oxygen atoms in total. The highest BCUT2D eigenvalue weighted by atomic mass is 32.1.